The molecule has 0 heterocycles. The van der Waals surface area contributed by atoms with E-state index >= 15 is 0 Å². The maximum atomic E-state index is 12.0. The van der Waals surface area contributed by atoms with Gasteiger partial charge in [-0.05, 0) is 62.8 Å². The van der Waals surface area contributed by atoms with Gasteiger partial charge < -0.3 is 29.9 Å². The summed E-state index contributed by atoms with van der Waals surface area (Å²) in [5.41, 5.74) is 0.584. The van der Waals surface area contributed by atoms with Crippen LogP contribution in [-0.2, 0) is 9.47 Å². The number of ether oxygens (including phenoxy) is 2. The standard InChI is InChI=1S/C22H34O8/c23-13-3-1-5-19(25)11-15-29-21(27)17-7-9-18(10-8-17)22(28)30-16-12-20(26)6-2-4-14-24/h7-10,19-20,23-26H,1-6,11-16H2. The van der Waals surface area contributed by atoms with Crippen molar-refractivity contribution < 1.29 is 39.5 Å². The Hall–Kier alpha value is -2.00. The summed E-state index contributed by atoms with van der Waals surface area (Å²) in [5, 5.41) is 37.0. The van der Waals surface area contributed by atoms with E-state index in [1.54, 1.807) is 0 Å². The molecule has 30 heavy (non-hydrogen) atoms. The average molecular weight is 427 g/mol. The third-order valence-corrected chi connectivity index (χ3v) is 4.62. The molecule has 0 radical (unpaired) electrons. The van der Waals surface area contributed by atoms with Crippen LogP contribution < -0.4 is 0 Å². The van der Waals surface area contributed by atoms with Crippen molar-refractivity contribution in [1.82, 2.24) is 0 Å². The van der Waals surface area contributed by atoms with Crippen LogP contribution in [0.3, 0.4) is 0 Å². The Morgan fingerprint density at radius 2 is 1.03 bits per heavy atom. The molecule has 2 atom stereocenters. The first-order chi connectivity index (χ1) is 14.5. The molecule has 0 bridgehead atoms. The summed E-state index contributed by atoms with van der Waals surface area (Å²) in [6.07, 6.45) is 3.31. The molecule has 0 fully saturated rings. The number of aliphatic hydroxyl groups is 4. The van der Waals surface area contributed by atoms with E-state index in [0.717, 1.165) is 0 Å². The van der Waals surface area contributed by atoms with Gasteiger partial charge in [0, 0.05) is 26.1 Å². The van der Waals surface area contributed by atoms with E-state index in [-0.39, 0.29) is 26.4 Å². The van der Waals surface area contributed by atoms with Gasteiger partial charge >= 0.3 is 11.9 Å². The number of carbonyl (C=O) groups excluding carboxylic acids is 2. The van der Waals surface area contributed by atoms with Crippen molar-refractivity contribution in [3.05, 3.63) is 35.4 Å². The molecule has 0 saturated heterocycles. The summed E-state index contributed by atoms with van der Waals surface area (Å²) in [5.74, 6) is -1.08. The first-order valence-electron chi connectivity index (χ1n) is 10.5. The van der Waals surface area contributed by atoms with Crippen molar-refractivity contribution in [2.75, 3.05) is 26.4 Å². The molecule has 1 aromatic carbocycles. The van der Waals surface area contributed by atoms with Crippen molar-refractivity contribution in [2.45, 2.75) is 63.6 Å². The van der Waals surface area contributed by atoms with Gasteiger partial charge in [0.1, 0.15) is 0 Å². The van der Waals surface area contributed by atoms with Crippen LogP contribution >= 0.6 is 0 Å². The normalized spacial score (nSPS) is 12.9. The van der Waals surface area contributed by atoms with Crippen LogP contribution in [0.2, 0.25) is 0 Å². The van der Waals surface area contributed by atoms with Crippen molar-refractivity contribution in [2.24, 2.45) is 0 Å². The Balaban J connectivity index is 2.30. The minimum Gasteiger partial charge on any atom is -0.462 e. The zero-order valence-electron chi connectivity index (χ0n) is 17.4. The first kappa shape index (κ1) is 26.0. The molecular weight excluding hydrogens is 392 g/mol. The van der Waals surface area contributed by atoms with Gasteiger partial charge in [-0.2, -0.15) is 0 Å². The third-order valence-electron chi connectivity index (χ3n) is 4.62. The predicted octanol–water partition coefficient (Wildman–Crippen LogP) is 1.83. The largest absolute Gasteiger partial charge is 0.462 e. The number of hydrogen-bond donors (Lipinski definition) is 4. The Bertz CT molecular complexity index is 549. The van der Waals surface area contributed by atoms with E-state index in [4.69, 9.17) is 19.7 Å². The molecule has 2 unspecified atom stereocenters. The monoisotopic (exact) mass is 426 g/mol. The van der Waals surface area contributed by atoms with Crippen LogP contribution in [0, 0.1) is 0 Å². The molecule has 8 heteroatoms. The quantitative estimate of drug-likeness (QED) is 0.232. The predicted molar refractivity (Wildman–Crippen MR) is 110 cm³/mol. The lowest BCUT2D eigenvalue weighted by Gasteiger charge is -2.11. The van der Waals surface area contributed by atoms with Crippen LogP contribution in [0.15, 0.2) is 24.3 Å². The number of carbonyl (C=O) groups is 2. The summed E-state index contributed by atoms with van der Waals surface area (Å²) >= 11 is 0. The maximum Gasteiger partial charge on any atom is 0.338 e. The highest BCUT2D eigenvalue weighted by molar-refractivity contribution is 5.93. The molecule has 1 rings (SSSR count). The molecule has 170 valence electrons. The number of rotatable bonds is 16. The Morgan fingerprint density at radius 1 is 0.667 bits per heavy atom. The lowest BCUT2D eigenvalue weighted by atomic mass is 10.1. The van der Waals surface area contributed by atoms with Gasteiger partial charge in [-0.25, -0.2) is 9.59 Å². The molecule has 0 amide bonds. The van der Waals surface area contributed by atoms with Gasteiger partial charge in [-0.3, -0.25) is 0 Å². The highest BCUT2D eigenvalue weighted by atomic mass is 16.5. The maximum absolute atomic E-state index is 12.0. The van der Waals surface area contributed by atoms with Gasteiger partial charge in [0.2, 0.25) is 0 Å². The van der Waals surface area contributed by atoms with E-state index in [0.29, 0.717) is 62.5 Å². The van der Waals surface area contributed by atoms with Gasteiger partial charge in [0.15, 0.2) is 0 Å². The number of unbranched alkanes of at least 4 members (excludes halogenated alkanes) is 2. The molecule has 0 aromatic heterocycles. The number of esters is 2. The second-order valence-corrected chi connectivity index (χ2v) is 7.17. The fourth-order valence-corrected chi connectivity index (χ4v) is 2.76. The van der Waals surface area contributed by atoms with Crippen LogP contribution in [0.1, 0.15) is 72.1 Å². The lowest BCUT2D eigenvalue weighted by molar-refractivity contribution is 0.0404. The zero-order chi connectivity index (χ0) is 22.2. The zero-order valence-corrected chi connectivity index (χ0v) is 17.4. The van der Waals surface area contributed by atoms with Crippen LogP contribution in [-0.4, -0.2) is 71.0 Å². The number of benzene rings is 1. The molecule has 0 saturated carbocycles. The van der Waals surface area contributed by atoms with E-state index in [1.807, 2.05) is 0 Å². The van der Waals surface area contributed by atoms with Gasteiger partial charge in [0.25, 0.3) is 0 Å². The molecule has 1 aromatic rings. The fourth-order valence-electron chi connectivity index (χ4n) is 2.76. The molecule has 0 aliphatic carbocycles. The van der Waals surface area contributed by atoms with Crippen LogP contribution in [0.4, 0.5) is 0 Å². The van der Waals surface area contributed by atoms with Crippen molar-refractivity contribution in [3.63, 3.8) is 0 Å². The highest BCUT2D eigenvalue weighted by Gasteiger charge is 2.13. The first-order valence-corrected chi connectivity index (χ1v) is 10.5. The Labute approximate surface area is 177 Å². The van der Waals surface area contributed by atoms with Gasteiger partial charge in [0.05, 0.1) is 36.5 Å². The highest BCUT2D eigenvalue weighted by Crippen LogP contribution is 2.10. The fraction of sp³-hybridized carbons (Fsp3) is 0.636. The summed E-state index contributed by atoms with van der Waals surface area (Å²) in [7, 11) is 0. The van der Waals surface area contributed by atoms with Crippen molar-refractivity contribution in [1.29, 1.82) is 0 Å². The van der Waals surface area contributed by atoms with Crippen molar-refractivity contribution in [3.8, 4) is 0 Å². The molecule has 0 spiro atoms. The van der Waals surface area contributed by atoms with E-state index < -0.39 is 24.1 Å². The van der Waals surface area contributed by atoms with Crippen molar-refractivity contribution >= 4 is 11.9 Å². The van der Waals surface area contributed by atoms with E-state index in [2.05, 4.69) is 0 Å². The Kier molecular flexibility index (Phi) is 13.7. The topological polar surface area (TPSA) is 134 Å². The van der Waals surface area contributed by atoms with E-state index in [9.17, 15) is 19.8 Å². The molecule has 8 nitrogen and oxygen atoms in total. The molecular formula is C22H34O8. The smallest absolute Gasteiger partial charge is 0.338 e. The number of aliphatic hydroxyl groups excluding tert-OH is 4. The summed E-state index contributed by atoms with van der Waals surface area (Å²) < 4.78 is 10.3. The Morgan fingerprint density at radius 3 is 1.37 bits per heavy atom. The summed E-state index contributed by atoms with van der Waals surface area (Å²) in [6, 6.07) is 5.89. The van der Waals surface area contributed by atoms with Crippen LogP contribution in [0.5, 0.6) is 0 Å². The summed E-state index contributed by atoms with van der Waals surface area (Å²) in [4.78, 5) is 24.1. The summed E-state index contributed by atoms with van der Waals surface area (Å²) in [6.45, 7) is 0.365. The lowest BCUT2D eigenvalue weighted by Crippen LogP contribution is -2.15. The molecule has 0 aliphatic rings. The SMILES string of the molecule is O=C(OCCC(O)CCCCO)c1ccc(C(=O)OCCC(O)CCCCO)cc1. The second-order valence-electron chi connectivity index (χ2n) is 7.17. The van der Waals surface area contributed by atoms with Gasteiger partial charge in [-0.15, -0.1) is 0 Å². The second kappa shape index (κ2) is 15.8. The average Bonchev–Trinajstić information content (AvgIpc) is 2.74. The van der Waals surface area contributed by atoms with Gasteiger partial charge in [-0.1, -0.05) is 0 Å². The molecule has 4 N–H and O–H groups in total. The van der Waals surface area contributed by atoms with E-state index in [1.165, 1.54) is 24.3 Å². The minimum absolute atomic E-state index is 0.0869. The minimum atomic E-state index is -0.574. The molecule has 0 aliphatic heterocycles. The van der Waals surface area contributed by atoms with Crippen LogP contribution in [0.25, 0.3) is 0 Å². The number of hydrogen-bond acceptors (Lipinski definition) is 8. The third kappa shape index (κ3) is 11.3.